The number of hydrogen-bond acceptors (Lipinski definition) is 3. The second-order valence-electron chi connectivity index (χ2n) is 9.38. The molecule has 2 heterocycles. The predicted molar refractivity (Wildman–Crippen MR) is 121 cm³/mol. The van der Waals surface area contributed by atoms with Crippen molar-refractivity contribution < 1.29 is 14.6 Å². The van der Waals surface area contributed by atoms with Crippen LogP contribution in [-0.2, 0) is 10.2 Å². The maximum atomic E-state index is 12.4. The first-order valence-electron chi connectivity index (χ1n) is 10.9. The molecule has 0 bridgehead atoms. The van der Waals surface area contributed by atoms with Crippen LogP contribution in [0.4, 0.5) is 16.2 Å². The van der Waals surface area contributed by atoms with E-state index in [1.165, 1.54) is 5.56 Å². The van der Waals surface area contributed by atoms with Gasteiger partial charge >= 0.3 is 6.09 Å². The zero-order valence-electron chi connectivity index (χ0n) is 18.4. The van der Waals surface area contributed by atoms with Gasteiger partial charge in [-0.2, -0.15) is 0 Å². The maximum Gasteiger partial charge on any atom is 0.412 e. The summed E-state index contributed by atoms with van der Waals surface area (Å²) in [6.45, 7) is 12.0. The molecule has 30 heavy (non-hydrogen) atoms. The smallest absolute Gasteiger partial charge is 0.412 e. The van der Waals surface area contributed by atoms with Gasteiger partial charge in [0, 0.05) is 18.8 Å². The first-order valence-corrected chi connectivity index (χ1v) is 10.9. The van der Waals surface area contributed by atoms with Crippen molar-refractivity contribution in [2.75, 3.05) is 36.1 Å². The number of benzene rings is 2. The van der Waals surface area contributed by atoms with Crippen LogP contribution in [0.15, 0.2) is 42.5 Å². The van der Waals surface area contributed by atoms with Crippen LogP contribution in [0, 0.1) is 0 Å². The molecule has 5 nitrogen and oxygen atoms in total. The van der Waals surface area contributed by atoms with Gasteiger partial charge in [0.05, 0.1) is 24.9 Å². The molecule has 0 aliphatic carbocycles. The quantitative estimate of drug-likeness (QED) is 0.723. The van der Waals surface area contributed by atoms with Crippen LogP contribution in [0.2, 0.25) is 0 Å². The first-order chi connectivity index (χ1) is 14.3. The number of anilines is 2. The van der Waals surface area contributed by atoms with Crippen molar-refractivity contribution >= 4 is 17.5 Å². The van der Waals surface area contributed by atoms with Crippen LogP contribution in [-0.4, -0.2) is 37.5 Å². The summed E-state index contributed by atoms with van der Waals surface area (Å²) in [4.78, 5) is 16.3. The second-order valence-corrected chi connectivity index (χ2v) is 9.38. The van der Waals surface area contributed by atoms with E-state index in [9.17, 15) is 9.90 Å². The fraction of sp³-hybridized carbons (Fsp3) is 0.480. The summed E-state index contributed by atoms with van der Waals surface area (Å²) in [6, 6.07) is 14.4. The lowest BCUT2D eigenvalue weighted by Crippen LogP contribution is -2.43. The molecule has 0 spiro atoms. The number of hydrogen-bond donors (Lipinski definition) is 1. The summed E-state index contributed by atoms with van der Waals surface area (Å²) in [5.74, 6) is 0.410. The van der Waals surface area contributed by atoms with Gasteiger partial charge in [-0.15, -0.1) is 0 Å². The fourth-order valence-corrected chi connectivity index (χ4v) is 4.77. The average molecular weight is 409 g/mol. The zero-order chi connectivity index (χ0) is 21.5. The fourth-order valence-electron chi connectivity index (χ4n) is 4.77. The van der Waals surface area contributed by atoms with Crippen molar-refractivity contribution in [2.45, 2.75) is 51.5 Å². The Morgan fingerprint density at radius 2 is 1.87 bits per heavy atom. The summed E-state index contributed by atoms with van der Waals surface area (Å²) in [5.41, 5.74) is 5.25. The van der Waals surface area contributed by atoms with Crippen molar-refractivity contribution in [3.05, 3.63) is 59.2 Å². The topological polar surface area (TPSA) is 53.0 Å². The molecule has 1 unspecified atom stereocenters. The minimum absolute atomic E-state index is 0.119. The molecule has 2 aliphatic heterocycles. The molecule has 4 rings (SSSR count). The average Bonchev–Trinajstić information content (AvgIpc) is 2.73. The Morgan fingerprint density at radius 3 is 2.53 bits per heavy atom. The third kappa shape index (κ3) is 3.79. The lowest BCUT2D eigenvalue weighted by molar-refractivity contribution is 0.122. The van der Waals surface area contributed by atoms with Crippen LogP contribution in [0.1, 0.15) is 62.8 Å². The summed E-state index contributed by atoms with van der Waals surface area (Å²) in [7, 11) is 0. The third-order valence-corrected chi connectivity index (χ3v) is 6.53. The molecule has 160 valence electrons. The zero-order valence-corrected chi connectivity index (χ0v) is 18.4. The molecule has 1 atom stereocenters. The number of morpholine rings is 1. The molecule has 2 aromatic carbocycles. The van der Waals surface area contributed by atoms with Crippen LogP contribution < -0.4 is 9.80 Å². The largest absolute Gasteiger partial charge is 0.465 e. The van der Waals surface area contributed by atoms with E-state index < -0.39 is 6.09 Å². The van der Waals surface area contributed by atoms with Gasteiger partial charge in [0.15, 0.2) is 0 Å². The summed E-state index contributed by atoms with van der Waals surface area (Å²) >= 11 is 0. The van der Waals surface area contributed by atoms with E-state index in [0.29, 0.717) is 5.92 Å². The molecule has 1 amide bonds. The number of ether oxygens (including phenoxy) is 1. The SMILES string of the molecule is CC(C)c1ccc2c(c1)C(C)(C)CC(c1cccc(N3CCOCC3)c1)N2C(=O)O. The molecule has 0 radical (unpaired) electrons. The Kier molecular flexibility index (Phi) is 5.49. The van der Waals surface area contributed by atoms with Gasteiger partial charge in [-0.05, 0) is 52.6 Å². The highest BCUT2D eigenvalue weighted by Crippen LogP contribution is 2.49. The van der Waals surface area contributed by atoms with Crippen molar-refractivity contribution in [1.82, 2.24) is 0 Å². The van der Waals surface area contributed by atoms with Gasteiger partial charge in [0.1, 0.15) is 0 Å². The van der Waals surface area contributed by atoms with Crippen molar-refractivity contribution in [3.8, 4) is 0 Å². The molecule has 5 heteroatoms. The number of amides is 1. The molecule has 0 saturated carbocycles. The molecular formula is C25H32N2O3. The first kappa shape index (κ1) is 20.7. The Hall–Kier alpha value is -2.53. The highest BCUT2D eigenvalue weighted by atomic mass is 16.5. The van der Waals surface area contributed by atoms with Gasteiger partial charge in [0.2, 0.25) is 0 Å². The lowest BCUT2D eigenvalue weighted by atomic mass is 9.72. The highest BCUT2D eigenvalue weighted by Gasteiger charge is 2.41. The standard InChI is InChI=1S/C25H32N2O3/c1-17(2)18-8-9-22-21(15-18)25(3,4)16-23(27(22)24(28)29)19-6-5-7-20(14-19)26-10-12-30-13-11-26/h5-9,14-15,17,23H,10-13,16H2,1-4H3,(H,28,29). The Balaban J connectivity index is 1.76. The molecule has 1 N–H and O–H groups in total. The molecule has 2 aromatic rings. The summed E-state index contributed by atoms with van der Waals surface area (Å²) < 4.78 is 5.48. The summed E-state index contributed by atoms with van der Waals surface area (Å²) in [5, 5.41) is 10.2. The Bertz CT molecular complexity index is 932. The van der Waals surface area contributed by atoms with E-state index in [1.54, 1.807) is 4.90 Å². The number of rotatable bonds is 3. The van der Waals surface area contributed by atoms with Crippen LogP contribution >= 0.6 is 0 Å². The van der Waals surface area contributed by atoms with Gasteiger partial charge in [-0.25, -0.2) is 4.79 Å². The second kappa shape index (κ2) is 7.95. The lowest BCUT2D eigenvalue weighted by Gasteiger charge is -2.44. The molecule has 1 saturated heterocycles. The van der Waals surface area contributed by atoms with E-state index in [1.807, 2.05) is 12.1 Å². The van der Waals surface area contributed by atoms with Gasteiger partial charge in [0.25, 0.3) is 0 Å². The Morgan fingerprint density at radius 1 is 1.13 bits per heavy atom. The monoisotopic (exact) mass is 408 g/mol. The minimum atomic E-state index is -0.897. The number of carboxylic acid groups (broad SMARTS) is 1. The maximum absolute atomic E-state index is 12.4. The Labute approximate surface area is 179 Å². The normalized spacial score (nSPS) is 20.9. The van der Waals surface area contributed by atoms with Gasteiger partial charge in [-0.1, -0.05) is 52.0 Å². The number of nitrogens with zero attached hydrogens (tertiary/aromatic N) is 2. The summed E-state index contributed by atoms with van der Waals surface area (Å²) in [6.07, 6.45) is -0.147. The van der Waals surface area contributed by atoms with Crippen molar-refractivity contribution in [3.63, 3.8) is 0 Å². The van der Waals surface area contributed by atoms with E-state index in [4.69, 9.17) is 4.74 Å². The van der Waals surface area contributed by atoms with Gasteiger partial charge in [-0.3, -0.25) is 4.90 Å². The molecular weight excluding hydrogens is 376 g/mol. The van der Waals surface area contributed by atoms with Crippen LogP contribution in [0.5, 0.6) is 0 Å². The van der Waals surface area contributed by atoms with Crippen molar-refractivity contribution in [1.29, 1.82) is 0 Å². The van der Waals surface area contributed by atoms with E-state index in [2.05, 4.69) is 62.9 Å². The van der Waals surface area contributed by atoms with Gasteiger partial charge < -0.3 is 14.7 Å². The highest BCUT2D eigenvalue weighted by molar-refractivity contribution is 5.89. The predicted octanol–water partition coefficient (Wildman–Crippen LogP) is 5.55. The van der Waals surface area contributed by atoms with E-state index in [-0.39, 0.29) is 11.5 Å². The third-order valence-electron chi connectivity index (χ3n) is 6.53. The molecule has 2 aliphatic rings. The number of fused-ring (bicyclic) bond motifs is 1. The van der Waals surface area contributed by atoms with Crippen LogP contribution in [0.25, 0.3) is 0 Å². The molecule has 1 fully saturated rings. The minimum Gasteiger partial charge on any atom is -0.465 e. The van der Waals surface area contributed by atoms with Crippen LogP contribution in [0.3, 0.4) is 0 Å². The van der Waals surface area contributed by atoms with Crippen molar-refractivity contribution in [2.24, 2.45) is 0 Å². The van der Waals surface area contributed by atoms with E-state index in [0.717, 1.165) is 55.2 Å². The van der Waals surface area contributed by atoms with E-state index >= 15 is 0 Å². The number of carbonyl (C=O) groups is 1. The molecule has 0 aromatic heterocycles.